The maximum atomic E-state index is 13.4. The molecule has 9 heteroatoms. The quantitative estimate of drug-likeness (QED) is 0.324. The Kier molecular flexibility index (Phi) is 6.49. The van der Waals surface area contributed by atoms with Gasteiger partial charge < -0.3 is 21.3 Å². The highest BCUT2D eigenvalue weighted by Gasteiger charge is 2.69. The molecule has 0 aromatic carbocycles. The van der Waals surface area contributed by atoms with E-state index in [1.165, 1.54) is 4.90 Å². The summed E-state index contributed by atoms with van der Waals surface area (Å²) in [5.41, 5.74) is 5.08. The lowest BCUT2D eigenvalue weighted by Crippen LogP contribution is -2.59. The van der Waals surface area contributed by atoms with Crippen molar-refractivity contribution >= 4 is 29.4 Å². The molecule has 1 heterocycles. The molecule has 2 saturated carbocycles. The van der Waals surface area contributed by atoms with E-state index in [0.29, 0.717) is 13.0 Å². The molecule has 4 unspecified atom stereocenters. The van der Waals surface area contributed by atoms with Crippen LogP contribution in [0, 0.1) is 29.1 Å². The summed E-state index contributed by atoms with van der Waals surface area (Å²) in [6, 6.07) is -2.55. The number of hydrogen-bond acceptors (Lipinski definition) is 5. The minimum Gasteiger partial charge on any atom is -0.363 e. The number of hydrogen-bond donors (Lipinski definition) is 3. The predicted octanol–water partition coefficient (Wildman–Crippen LogP) is 0.136. The molecule has 9 nitrogen and oxygen atoms in total. The Labute approximate surface area is 188 Å². The molecule has 0 aromatic rings. The summed E-state index contributed by atoms with van der Waals surface area (Å²) < 4.78 is 0. The number of carbonyl (C=O) groups is 5. The standard InChI is InChI=1S/C23H34N4O5/c1-6-15(28)26-17(11(2)3)22(32)27-10-13-16(23(13,4)5)18(27)21(31)25-14(9-12-7-8-12)19(29)20(24)30/h6,11-14,16-18H,1,7-10H2,2-5H3,(H2,24,30)(H,25,31)(H,26,28)/t13?,14?,16?,17-,18?/m0/s1. The summed E-state index contributed by atoms with van der Waals surface area (Å²) in [7, 11) is 0. The van der Waals surface area contributed by atoms with E-state index in [4.69, 9.17) is 5.73 Å². The third-order valence-electron chi connectivity index (χ3n) is 7.32. The molecule has 176 valence electrons. The molecule has 1 saturated heterocycles. The van der Waals surface area contributed by atoms with Crippen molar-refractivity contribution in [3.63, 3.8) is 0 Å². The number of likely N-dealkylation sites (tertiary alicyclic amines) is 1. The van der Waals surface area contributed by atoms with E-state index in [1.54, 1.807) is 0 Å². The molecule has 3 fully saturated rings. The van der Waals surface area contributed by atoms with Gasteiger partial charge in [0.15, 0.2) is 0 Å². The number of primary amides is 1. The Morgan fingerprint density at radius 1 is 1.16 bits per heavy atom. The Hall–Kier alpha value is -2.71. The number of nitrogens with two attached hydrogens (primary N) is 1. The second-order valence-corrected chi connectivity index (χ2v) is 10.3. The summed E-state index contributed by atoms with van der Waals surface area (Å²) in [5, 5.41) is 5.39. The molecule has 0 aromatic heterocycles. The van der Waals surface area contributed by atoms with Gasteiger partial charge in [-0.1, -0.05) is 47.1 Å². The van der Waals surface area contributed by atoms with Gasteiger partial charge in [0.2, 0.25) is 23.5 Å². The Balaban J connectivity index is 1.81. The Bertz CT molecular complexity index is 847. The monoisotopic (exact) mass is 446 g/mol. The average Bonchev–Trinajstić information content (AvgIpc) is 3.57. The van der Waals surface area contributed by atoms with Crippen molar-refractivity contribution in [1.29, 1.82) is 0 Å². The SMILES string of the molecule is C=CC(=O)N[C@H](C(=O)N1CC2C(C1C(=O)NC(CC1CC1)C(=O)C(N)=O)C2(C)C)C(C)C. The molecule has 0 radical (unpaired) electrons. The normalized spacial score (nSPS) is 27.2. The maximum Gasteiger partial charge on any atom is 0.287 e. The van der Waals surface area contributed by atoms with Gasteiger partial charge in [-0.2, -0.15) is 0 Å². The summed E-state index contributed by atoms with van der Waals surface area (Å²) in [6.45, 7) is 11.6. The topological polar surface area (TPSA) is 139 Å². The van der Waals surface area contributed by atoms with Gasteiger partial charge in [-0.15, -0.1) is 0 Å². The number of fused-ring (bicyclic) bond motifs is 1. The summed E-state index contributed by atoms with van der Waals surface area (Å²) in [5.74, 6) is -2.95. The predicted molar refractivity (Wildman–Crippen MR) is 117 cm³/mol. The smallest absolute Gasteiger partial charge is 0.287 e. The first-order valence-electron chi connectivity index (χ1n) is 11.3. The van der Waals surface area contributed by atoms with E-state index in [9.17, 15) is 24.0 Å². The number of Topliss-reactive ketones (excluding diaryl/α,β-unsaturated/α-hetero) is 1. The summed E-state index contributed by atoms with van der Waals surface area (Å²) >= 11 is 0. The van der Waals surface area contributed by atoms with Crippen LogP contribution >= 0.6 is 0 Å². The molecule has 0 spiro atoms. The number of piperidine rings is 1. The second kappa shape index (κ2) is 8.67. The van der Waals surface area contributed by atoms with Crippen LogP contribution < -0.4 is 16.4 Å². The van der Waals surface area contributed by atoms with Crippen LogP contribution in [0.1, 0.15) is 47.0 Å². The molecular weight excluding hydrogens is 412 g/mol. The van der Waals surface area contributed by atoms with Gasteiger partial charge in [0, 0.05) is 6.54 Å². The van der Waals surface area contributed by atoms with E-state index in [0.717, 1.165) is 18.9 Å². The lowest BCUT2D eigenvalue weighted by molar-refractivity contribution is -0.145. The van der Waals surface area contributed by atoms with E-state index >= 15 is 0 Å². The van der Waals surface area contributed by atoms with Crippen LogP contribution in [0.4, 0.5) is 0 Å². The number of rotatable bonds is 10. The molecule has 2 aliphatic carbocycles. The van der Waals surface area contributed by atoms with Gasteiger partial charge in [-0.3, -0.25) is 24.0 Å². The minimum atomic E-state index is -1.08. The minimum absolute atomic E-state index is 0.0559. The van der Waals surface area contributed by atoms with Gasteiger partial charge in [0.1, 0.15) is 12.1 Å². The molecule has 4 amide bonds. The average molecular weight is 447 g/mol. The Morgan fingerprint density at radius 3 is 2.28 bits per heavy atom. The molecule has 32 heavy (non-hydrogen) atoms. The van der Waals surface area contributed by atoms with Crippen LogP contribution in [0.5, 0.6) is 0 Å². The molecule has 0 bridgehead atoms. The number of amides is 4. The molecular formula is C23H34N4O5. The summed E-state index contributed by atoms with van der Waals surface area (Å²) in [6.07, 6.45) is 3.37. The van der Waals surface area contributed by atoms with Crippen molar-refractivity contribution in [2.24, 2.45) is 34.8 Å². The van der Waals surface area contributed by atoms with Crippen molar-refractivity contribution in [2.45, 2.75) is 65.1 Å². The van der Waals surface area contributed by atoms with Gasteiger partial charge in [-0.05, 0) is 41.6 Å². The van der Waals surface area contributed by atoms with Crippen LogP contribution in [-0.4, -0.2) is 59.0 Å². The second-order valence-electron chi connectivity index (χ2n) is 10.3. The molecule has 1 aliphatic heterocycles. The Morgan fingerprint density at radius 2 is 1.78 bits per heavy atom. The van der Waals surface area contributed by atoms with Crippen molar-refractivity contribution in [2.75, 3.05) is 6.54 Å². The van der Waals surface area contributed by atoms with E-state index in [-0.39, 0.29) is 35.0 Å². The van der Waals surface area contributed by atoms with Crippen LogP contribution in [0.15, 0.2) is 12.7 Å². The number of carbonyl (C=O) groups excluding carboxylic acids is 5. The first kappa shape index (κ1) is 23.9. The van der Waals surface area contributed by atoms with Crippen LogP contribution in [0.25, 0.3) is 0 Å². The fourth-order valence-electron chi connectivity index (χ4n) is 5.06. The van der Waals surface area contributed by atoms with Gasteiger partial charge in [-0.25, -0.2) is 0 Å². The van der Waals surface area contributed by atoms with Gasteiger partial charge >= 0.3 is 0 Å². The first-order chi connectivity index (χ1) is 14.9. The third kappa shape index (κ3) is 4.56. The van der Waals surface area contributed by atoms with Crippen LogP contribution in [0.3, 0.4) is 0 Å². The zero-order valence-corrected chi connectivity index (χ0v) is 19.2. The third-order valence-corrected chi connectivity index (χ3v) is 7.32. The highest BCUT2D eigenvalue weighted by atomic mass is 16.2. The van der Waals surface area contributed by atoms with Crippen molar-refractivity contribution in [3.8, 4) is 0 Å². The van der Waals surface area contributed by atoms with Crippen LogP contribution in [0.2, 0.25) is 0 Å². The lowest BCUT2D eigenvalue weighted by Gasteiger charge is -2.34. The number of nitrogens with one attached hydrogen (secondary N) is 2. The molecule has 3 aliphatic rings. The highest BCUT2D eigenvalue weighted by molar-refractivity contribution is 6.37. The van der Waals surface area contributed by atoms with Crippen molar-refractivity contribution < 1.29 is 24.0 Å². The van der Waals surface area contributed by atoms with E-state index in [1.807, 2.05) is 13.8 Å². The fourth-order valence-corrected chi connectivity index (χ4v) is 5.06. The van der Waals surface area contributed by atoms with E-state index < -0.39 is 41.6 Å². The zero-order chi connectivity index (χ0) is 24.0. The van der Waals surface area contributed by atoms with Crippen molar-refractivity contribution in [1.82, 2.24) is 15.5 Å². The van der Waals surface area contributed by atoms with Gasteiger partial charge in [0.25, 0.3) is 5.91 Å². The van der Waals surface area contributed by atoms with Gasteiger partial charge in [0.05, 0.1) is 6.04 Å². The molecule has 4 N–H and O–H groups in total. The number of ketones is 1. The fraction of sp³-hybridized carbons (Fsp3) is 0.696. The highest BCUT2D eigenvalue weighted by Crippen LogP contribution is 2.65. The van der Waals surface area contributed by atoms with E-state index in [2.05, 4.69) is 31.1 Å². The molecule has 3 rings (SSSR count). The number of nitrogens with zero attached hydrogens (tertiary/aromatic N) is 1. The lowest BCUT2D eigenvalue weighted by atomic mass is 9.96. The first-order valence-corrected chi connectivity index (χ1v) is 11.3. The molecule has 5 atom stereocenters. The zero-order valence-electron chi connectivity index (χ0n) is 19.2. The maximum absolute atomic E-state index is 13.4. The largest absolute Gasteiger partial charge is 0.363 e. The summed E-state index contributed by atoms with van der Waals surface area (Å²) in [4.78, 5) is 64.0. The van der Waals surface area contributed by atoms with Crippen molar-refractivity contribution in [3.05, 3.63) is 12.7 Å². The van der Waals surface area contributed by atoms with Crippen LogP contribution in [-0.2, 0) is 24.0 Å².